The largest absolute Gasteiger partial charge is 0.390 e. The lowest BCUT2D eigenvalue weighted by atomic mass is 9.81. The molecule has 1 aliphatic rings. The maximum atomic E-state index is 10.4. The lowest BCUT2D eigenvalue weighted by Gasteiger charge is -2.32. The molecule has 0 aromatic heterocycles. The Balaban J connectivity index is 1.94. The molecule has 1 aromatic carbocycles. The normalized spacial score (nSPS) is 19.6. The second-order valence-electron chi connectivity index (χ2n) is 4.88. The molecule has 0 spiro atoms. The van der Waals surface area contributed by atoms with Gasteiger partial charge in [0.05, 0.1) is 5.60 Å². The standard InChI is InChI=1S/C14H19ClO/c15-13-7-3-2-6-12(13)8-11-14(16)9-4-1-5-10-14/h2-3,6-7,16H,1,4-5,8-11H2. The first-order valence-electron chi connectivity index (χ1n) is 6.15. The van der Waals surface area contributed by atoms with Crippen LogP contribution in [0.4, 0.5) is 0 Å². The highest BCUT2D eigenvalue weighted by atomic mass is 35.5. The van der Waals surface area contributed by atoms with E-state index < -0.39 is 5.60 Å². The maximum Gasteiger partial charge on any atom is 0.0651 e. The molecule has 0 amide bonds. The molecule has 0 radical (unpaired) electrons. The maximum absolute atomic E-state index is 10.4. The van der Waals surface area contributed by atoms with E-state index in [4.69, 9.17) is 11.6 Å². The van der Waals surface area contributed by atoms with Gasteiger partial charge in [-0.3, -0.25) is 0 Å². The van der Waals surface area contributed by atoms with Crippen molar-refractivity contribution < 1.29 is 5.11 Å². The van der Waals surface area contributed by atoms with Crippen molar-refractivity contribution in [3.05, 3.63) is 34.9 Å². The topological polar surface area (TPSA) is 20.2 Å². The van der Waals surface area contributed by atoms with Gasteiger partial charge in [-0.2, -0.15) is 0 Å². The summed E-state index contributed by atoms with van der Waals surface area (Å²) in [5.74, 6) is 0. The first kappa shape index (κ1) is 11.9. The third-order valence-electron chi connectivity index (χ3n) is 3.60. The molecule has 0 unspecified atom stereocenters. The van der Waals surface area contributed by atoms with Gasteiger partial charge in [0, 0.05) is 5.02 Å². The molecule has 1 N–H and O–H groups in total. The minimum absolute atomic E-state index is 0.433. The van der Waals surface area contributed by atoms with E-state index in [1.54, 1.807) is 0 Å². The number of hydrogen-bond acceptors (Lipinski definition) is 1. The van der Waals surface area contributed by atoms with Crippen LogP contribution >= 0.6 is 11.6 Å². The second kappa shape index (κ2) is 5.20. The minimum atomic E-state index is -0.433. The van der Waals surface area contributed by atoms with Crippen molar-refractivity contribution in [2.45, 2.75) is 50.5 Å². The van der Waals surface area contributed by atoms with Gasteiger partial charge in [0.1, 0.15) is 0 Å². The Bertz CT molecular complexity index is 342. The molecule has 2 rings (SSSR count). The molecule has 88 valence electrons. The first-order valence-corrected chi connectivity index (χ1v) is 6.53. The molecule has 0 aliphatic heterocycles. The van der Waals surface area contributed by atoms with Gasteiger partial charge >= 0.3 is 0 Å². The van der Waals surface area contributed by atoms with Gasteiger partial charge in [-0.1, -0.05) is 49.1 Å². The number of rotatable bonds is 3. The fourth-order valence-electron chi connectivity index (χ4n) is 2.53. The zero-order chi connectivity index (χ0) is 11.4. The summed E-state index contributed by atoms with van der Waals surface area (Å²) in [6.07, 6.45) is 7.24. The lowest BCUT2D eigenvalue weighted by Crippen LogP contribution is -2.31. The third kappa shape index (κ3) is 2.99. The molecule has 1 aliphatic carbocycles. The molecule has 16 heavy (non-hydrogen) atoms. The lowest BCUT2D eigenvalue weighted by molar-refractivity contribution is -0.00341. The second-order valence-corrected chi connectivity index (χ2v) is 5.28. The summed E-state index contributed by atoms with van der Waals surface area (Å²) in [7, 11) is 0. The molecule has 1 fully saturated rings. The van der Waals surface area contributed by atoms with Gasteiger partial charge in [-0.25, -0.2) is 0 Å². The van der Waals surface area contributed by atoms with Gasteiger partial charge in [-0.15, -0.1) is 0 Å². The molecule has 0 heterocycles. The predicted octanol–water partition coefficient (Wildman–Crippen LogP) is 3.97. The number of halogens is 1. The molecule has 1 aromatic rings. The Morgan fingerprint density at radius 3 is 2.50 bits per heavy atom. The molecule has 0 saturated heterocycles. The van der Waals surface area contributed by atoms with Crippen molar-refractivity contribution in [1.29, 1.82) is 0 Å². The van der Waals surface area contributed by atoms with E-state index in [0.29, 0.717) is 0 Å². The smallest absolute Gasteiger partial charge is 0.0651 e. The van der Waals surface area contributed by atoms with E-state index in [-0.39, 0.29) is 0 Å². The monoisotopic (exact) mass is 238 g/mol. The molecule has 1 nitrogen and oxygen atoms in total. The van der Waals surface area contributed by atoms with Gasteiger partial charge in [0.2, 0.25) is 0 Å². The van der Waals surface area contributed by atoms with E-state index in [2.05, 4.69) is 6.07 Å². The van der Waals surface area contributed by atoms with Crippen molar-refractivity contribution in [3.63, 3.8) is 0 Å². The number of benzene rings is 1. The Kier molecular flexibility index (Phi) is 3.88. The SMILES string of the molecule is OC1(CCc2ccccc2Cl)CCCCC1. The van der Waals surface area contributed by atoms with Crippen LogP contribution in [0.1, 0.15) is 44.1 Å². The van der Waals surface area contributed by atoms with Crippen LogP contribution in [0.25, 0.3) is 0 Å². The zero-order valence-electron chi connectivity index (χ0n) is 9.58. The highest BCUT2D eigenvalue weighted by Crippen LogP contribution is 2.32. The molecule has 1 saturated carbocycles. The minimum Gasteiger partial charge on any atom is -0.390 e. The summed E-state index contributed by atoms with van der Waals surface area (Å²) in [6.45, 7) is 0. The highest BCUT2D eigenvalue weighted by Gasteiger charge is 2.28. The zero-order valence-corrected chi connectivity index (χ0v) is 10.3. The first-order chi connectivity index (χ1) is 7.70. The molecule has 0 bridgehead atoms. The van der Waals surface area contributed by atoms with Crippen LogP contribution in [-0.2, 0) is 6.42 Å². The van der Waals surface area contributed by atoms with E-state index in [1.807, 2.05) is 18.2 Å². The molecule has 0 atom stereocenters. The average Bonchev–Trinajstić information content (AvgIpc) is 2.29. The van der Waals surface area contributed by atoms with Crippen LogP contribution in [-0.4, -0.2) is 10.7 Å². The van der Waals surface area contributed by atoms with Crippen molar-refractivity contribution in [2.75, 3.05) is 0 Å². The van der Waals surface area contributed by atoms with Gasteiger partial charge in [0.25, 0.3) is 0 Å². The van der Waals surface area contributed by atoms with Crippen LogP contribution in [0.5, 0.6) is 0 Å². The summed E-state index contributed by atoms with van der Waals surface area (Å²) in [4.78, 5) is 0. The summed E-state index contributed by atoms with van der Waals surface area (Å²) in [6, 6.07) is 7.92. The van der Waals surface area contributed by atoms with Crippen LogP contribution in [0.2, 0.25) is 5.02 Å². The van der Waals surface area contributed by atoms with E-state index in [0.717, 1.165) is 36.3 Å². The molecular formula is C14H19ClO. The summed E-state index contributed by atoms with van der Waals surface area (Å²) in [5.41, 5.74) is 0.723. The van der Waals surface area contributed by atoms with Crippen LogP contribution in [0, 0.1) is 0 Å². The van der Waals surface area contributed by atoms with Crippen molar-refractivity contribution in [2.24, 2.45) is 0 Å². The third-order valence-corrected chi connectivity index (χ3v) is 3.97. The summed E-state index contributed by atoms with van der Waals surface area (Å²) < 4.78 is 0. The summed E-state index contributed by atoms with van der Waals surface area (Å²) in [5, 5.41) is 11.2. The van der Waals surface area contributed by atoms with Crippen LogP contribution < -0.4 is 0 Å². The number of aryl methyl sites for hydroxylation is 1. The van der Waals surface area contributed by atoms with Crippen LogP contribution in [0.3, 0.4) is 0 Å². The summed E-state index contributed by atoms with van der Waals surface area (Å²) >= 11 is 6.11. The Hall–Kier alpha value is -0.530. The van der Waals surface area contributed by atoms with Crippen molar-refractivity contribution in [1.82, 2.24) is 0 Å². The Morgan fingerprint density at radius 2 is 1.81 bits per heavy atom. The molecule has 2 heteroatoms. The quantitative estimate of drug-likeness (QED) is 0.845. The Morgan fingerprint density at radius 1 is 1.12 bits per heavy atom. The average molecular weight is 239 g/mol. The van der Waals surface area contributed by atoms with E-state index in [1.165, 1.54) is 19.3 Å². The number of hydrogen-bond donors (Lipinski definition) is 1. The highest BCUT2D eigenvalue weighted by molar-refractivity contribution is 6.31. The van der Waals surface area contributed by atoms with Gasteiger partial charge < -0.3 is 5.11 Å². The van der Waals surface area contributed by atoms with Gasteiger partial charge in [0.15, 0.2) is 0 Å². The van der Waals surface area contributed by atoms with E-state index >= 15 is 0 Å². The fraction of sp³-hybridized carbons (Fsp3) is 0.571. The number of aliphatic hydroxyl groups is 1. The molecular weight excluding hydrogens is 220 g/mol. The fourth-order valence-corrected chi connectivity index (χ4v) is 2.76. The van der Waals surface area contributed by atoms with Gasteiger partial charge in [-0.05, 0) is 37.3 Å². The Labute approximate surface area is 102 Å². The van der Waals surface area contributed by atoms with E-state index in [9.17, 15) is 5.11 Å². The predicted molar refractivity (Wildman–Crippen MR) is 67.8 cm³/mol. The van der Waals surface area contributed by atoms with Crippen molar-refractivity contribution >= 4 is 11.6 Å². The van der Waals surface area contributed by atoms with Crippen LogP contribution in [0.15, 0.2) is 24.3 Å². The van der Waals surface area contributed by atoms with Crippen molar-refractivity contribution in [3.8, 4) is 0 Å².